The predicted molar refractivity (Wildman–Crippen MR) is 242 cm³/mol. The molecule has 0 bridgehead atoms. The Morgan fingerprint density at radius 2 is 1.09 bits per heavy atom. The summed E-state index contributed by atoms with van der Waals surface area (Å²) in [6.07, 6.45) is 8.22. The van der Waals surface area contributed by atoms with E-state index >= 15 is 0 Å². The molecule has 9 aromatic carbocycles. The van der Waals surface area contributed by atoms with Crippen LogP contribution in [0.5, 0.6) is 0 Å². The second-order valence-electron chi connectivity index (χ2n) is 15.2. The zero-order chi connectivity index (χ0) is 38.1. The number of furan rings is 1. The Morgan fingerprint density at radius 1 is 0.491 bits per heavy atom. The van der Waals surface area contributed by atoms with Crippen LogP contribution in [0.2, 0.25) is 0 Å². The van der Waals surface area contributed by atoms with E-state index in [-0.39, 0.29) is 0 Å². The second-order valence-corrected chi connectivity index (χ2v) is 15.2. The molecule has 1 nitrogen and oxygen atoms in total. The third-order valence-electron chi connectivity index (χ3n) is 12.3. The van der Waals surface area contributed by atoms with Crippen molar-refractivity contribution in [1.82, 2.24) is 0 Å². The van der Waals surface area contributed by atoms with Crippen LogP contribution in [0.3, 0.4) is 0 Å². The van der Waals surface area contributed by atoms with Gasteiger partial charge >= 0.3 is 0 Å². The Balaban J connectivity index is 1.17. The fraction of sp³-hybridized carbons (Fsp3) is 0.0357. The lowest BCUT2D eigenvalue weighted by molar-refractivity contribution is 0.669. The van der Waals surface area contributed by atoms with Gasteiger partial charge in [0.25, 0.3) is 0 Å². The molecule has 268 valence electrons. The maximum absolute atomic E-state index is 6.60. The number of hydrogen-bond donors (Lipinski definition) is 0. The minimum Gasteiger partial charge on any atom is -0.456 e. The minimum absolute atomic E-state index is 0.479. The maximum Gasteiger partial charge on any atom is 0.136 e. The molecule has 11 rings (SSSR count). The van der Waals surface area contributed by atoms with Crippen molar-refractivity contribution < 1.29 is 4.42 Å². The van der Waals surface area contributed by atoms with E-state index in [1.54, 1.807) is 0 Å². The van der Waals surface area contributed by atoms with Crippen LogP contribution in [0.25, 0.3) is 87.6 Å². The number of rotatable bonds is 6. The Morgan fingerprint density at radius 3 is 1.81 bits per heavy atom. The summed E-state index contributed by atoms with van der Waals surface area (Å²) in [5.74, 6) is 0. The maximum atomic E-state index is 6.60. The van der Waals surface area contributed by atoms with Gasteiger partial charge in [0, 0.05) is 10.8 Å². The number of hydrogen-bond acceptors (Lipinski definition) is 1. The van der Waals surface area contributed by atoms with Crippen molar-refractivity contribution in [3.63, 3.8) is 0 Å². The van der Waals surface area contributed by atoms with Gasteiger partial charge < -0.3 is 4.42 Å². The van der Waals surface area contributed by atoms with E-state index in [4.69, 9.17) is 4.42 Å². The van der Waals surface area contributed by atoms with Crippen molar-refractivity contribution in [3.05, 3.63) is 229 Å². The normalized spacial score (nSPS) is 15.3. The summed E-state index contributed by atoms with van der Waals surface area (Å²) in [5, 5.41) is 9.64. The molecule has 10 aromatic rings. The highest BCUT2D eigenvalue weighted by Gasteiger charge is 2.46. The fourth-order valence-corrected chi connectivity index (χ4v) is 9.94. The first kappa shape index (κ1) is 33.1. The summed E-state index contributed by atoms with van der Waals surface area (Å²) in [7, 11) is 0. The van der Waals surface area contributed by atoms with Crippen LogP contribution in [0.15, 0.2) is 217 Å². The zero-order valence-corrected chi connectivity index (χ0v) is 31.7. The highest BCUT2D eigenvalue weighted by molar-refractivity contribution is 6.23. The van der Waals surface area contributed by atoms with Crippen molar-refractivity contribution in [2.45, 2.75) is 12.3 Å². The molecular weight excluding hydrogens is 689 g/mol. The van der Waals surface area contributed by atoms with Crippen molar-refractivity contribution in [2.24, 2.45) is 0 Å². The van der Waals surface area contributed by atoms with E-state index in [0.717, 1.165) is 22.1 Å². The molecular formula is C56H38O. The first-order chi connectivity index (χ1) is 28.2. The monoisotopic (exact) mass is 726 g/mol. The summed E-state index contributed by atoms with van der Waals surface area (Å²) in [6, 6.07) is 64.6. The molecule has 0 fully saturated rings. The molecule has 1 aliphatic rings. The van der Waals surface area contributed by atoms with Crippen LogP contribution in [-0.2, 0) is 5.41 Å². The number of benzene rings is 9. The molecule has 0 N–H and O–H groups in total. The van der Waals surface area contributed by atoms with E-state index in [1.807, 2.05) is 12.2 Å². The molecule has 0 saturated carbocycles. The van der Waals surface area contributed by atoms with Gasteiger partial charge in [0.1, 0.15) is 11.2 Å². The van der Waals surface area contributed by atoms with Crippen LogP contribution in [0.1, 0.15) is 23.6 Å². The molecule has 0 saturated heterocycles. The molecule has 57 heavy (non-hydrogen) atoms. The lowest BCUT2D eigenvalue weighted by Gasteiger charge is -2.34. The standard InChI is InChI=1S/C56H38O/c1-3-4-6-17-36(2)56(40-19-7-5-8-20-40)49-27-16-15-22-42(49)43-31-28-38(34-50(43)56)53-44-23-11-13-25-46(44)54(47-26-14-12-24-45(47)53)39-29-32-48-52(35-39)57-51-33-30-37-18-9-10-21-41(37)55(48)51/h3-35H,1H2,2H3/b6-4-,36-17+. The summed E-state index contributed by atoms with van der Waals surface area (Å²) >= 11 is 0. The number of allylic oxidation sites excluding steroid dienone is 5. The molecule has 1 aliphatic carbocycles. The molecule has 0 spiro atoms. The summed E-state index contributed by atoms with van der Waals surface area (Å²) in [5.41, 5.74) is 13.8. The van der Waals surface area contributed by atoms with Crippen molar-refractivity contribution >= 4 is 54.3 Å². The summed E-state index contributed by atoms with van der Waals surface area (Å²) < 4.78 is 6.60. The Kier molecular flexibility index (Phi) is 7.52. The first-order valence-electron chi connectivity index (χ1n) is 19.7. The molecule has 0 aliphatic heterocycles. The van der Waals surface area contributed by atoms with Gasteiger partial charge in [-0.3, -0.25) is 0 Å². The smallest absolute Gasteiger partial charge is 0.136 e. The van der Waals surface area contributed by atoms with E-state index in [2.05, 4.69) is 202 Å². The molecule has 1 atom stereocenters. The lowest BCUT2D eigenvalue weighted by Crippen LogP contribution is -2.28. The highest BCUT2D eigenvalue weighted by Crippen LogP contribution is 2.57. The Labute approximate surface area is 332 Å². The van der Waals surface area contributed by atoms with Crippen molar-refractivity contribution in [2.75, 3.05) is 0 Å². The average molecular weight is 727 g/mol. The van der Waals surface area contributed by atoms with Gasteiger partial charge in [-0.25, -0.2) is 0 Å². The average Bonchev–Trinajstić information content (AvgIpc) is 3.79. The van der Waals surface area contributed by atoms with E-state index in [1.165, 1.54) is 87.8 Å². The van der Waals surface area contributed by atoms with Gasteiger partial charge in [-0.1, -0.05) is 188 Å². The van der Waals surface area contributed by atoms with Crippen molar-refractivity contribution in [1.29, 1.82) is 0 Å². The molecule has 0 amide bonds. The van der Waals surface area contributed by atoms with Crippen LogP contribution in [0.4, 0.5) is 0 Å². The third kappa shape index (κ3) is 4.82. The molecule has 1 aromatic heterocycles. The molecule has 1 heteroatoms. The van der Waals surface area contributed by atoms with E-state index < -0.39 is 5.41 Å². The van der Waals surface area contributed by atoms with Gasteiger partial charge in [-0.05, 0) is 114 Å². The second kappa shape index (κ2) is 12.9. The quantitative estimate of drug-likeness (QED) is 0.123. The van der Waals surface area contributed by atoms with Crippen LogP contribution in [-0.4, -0.2) is 0 Å². The molecule has 1 unspecified atom stereocenters. The Bertz CT molecular complexity index is 3260. The van der Waals surface area contributed by atoms with Crippen molar-refractivity contribution in [3.8, 4) is 33.4 Å². The first-order valence-corrected chi connectivity index (χ1v) is 19.7. The van der Waals surface area contributed by atoms with E-state index in [9.17, 15) is 0 Å². The number of fused-ring (bicyclic) bond motifs is 10. The zero-order valence-electron chi connectivity index (χ0n) is 31.7. The lowest BCUT2D eigenvalue weighted by atomic mass is 9.67. The minimum atomic E-state index is -0.479. The van der Waals surface area contributed by atoms with Gasteiger partial charge in [-0.2, -0.15) is 0 Å². The SMILES string of the molecule is C=C/C=C\C=C(/C)C1(c2ccccc2)c2ccccc2-c2ccc(-c3c4ccccc4c(-c4ccc5c(c4)oc4ccc6ccccc6c45)c4ccccc34)cc21. The molecule has 1 heterocycles. The van der Waals surface area contributed by atoms with Crippen LogP contribution >= 0.6 is 0 Å². The largest absolute Gasteiger partial charge is 0.456 e. The molecule has 0 radical (unpaired) electrons. The highest BCUT2D eigenvalue weighted by atomic mass is 16.3. The van der Waals surface area contributed by atoms with Gasteiger partial charge in [0.05, 0.1) is 5.41 Å². The van der Waals surface area contributed by atoms with Gasteiger partial charge in [0.2, 0.25) is 0 Å². The predicted octanol–water partition coefficient (Wildman–Crippen LogP) is 15.4. The topological polar surface area (TPSA) is 13.1 Å². The fourth-order valence-electron chi connectivity index (χ4n) is 9.94. The third-order valence-corrected chi connectivity index (χ3v) is 12.3. The summed E-state index contributed by atoms with van der Waals surface area (Å²) in [6.45, 7) is 6.21. The Hall–Kier alpha value is -7.22. The van der Waals surface area contributed by atoms with Crippen LogP contribution in [0, 0.1) is 0 Å². The van der Waals surface area contributed by atoms with Gasteiger partial charge in [0.15, 0.2) is 0 Å². The van der Waals surface area contributed by atoms with Gasteiger partial charge in [-0.15, -0.1) is 0 Å². The summed E-state index contributed by atoms with van der Waals surface area (Å²) in [4.78, 5) is 0. The van der Waals surface area contributed by atoms with E-state index in [0.29, 0.717) is 0 Å². The van der Waals surface area contributed by atoms with Crippen LogP contribution < -0.4 is 0 Å².